The molecule has 0 rings (SSSR count). The van der Waals surface area contributed by atoms with Crippen LogP contribution in [0.2, 0.25) is 0 Å². The second kappa shape index (κ2) is 2.80. The molecular formula is C4H7BrN2. The molecule has 3 heteroatoms. The molecule has 0 radical (unpaired) electrons. The zero-order chi connectivity index (χ0) is 5.86. The third-order valence-corrected chi connectivity index (χ3v) is 1.35. The van der Waals surface area contributed by atoms with Gasteiger partial charge in [0.1, 0.15) is 4.62 Å². The van der Waals surface area contributed by atoms with Crippen molar-refractivity contribution in [3.63, 3.8) is 0 Å². The first-order valence-corrected chi connectivity index (χ1v) is 2.57. The highest BCUT2D eigenvalue weighted by Gasteiger charge is 1.87. The molecule has 0 saturated heterocycles. The molecule has 7 heavy (non-hydrogen) atoms. The van der Waals surface area contributed by atoms with Gasteiger partial charge >= 0.3 is 0 Å². The van der Waals surface area contributed by atoms with Gasteiger partial charge in [-0.25, -0.2) is 0 Å². The number of halogens is 1. The summed E-state index contributed by atoms with van der Waals surface area (Å²) in [6, 6.07) is 0. The van der Waals surface area contributed by atoms with E-state index in [0.717, 1.165) is 5.57 Å². The molecule has 2 nitrogen and oxygen atoms in total. The van der Waals surface area contributed by atoms with E-state index in [2.05, 4.69) is 27.6 Å². The molecule has 0 aromatic carbocycles. The van der Waals surface area contributed by atoms with Gasteiger partial charge in [0.15, 0.2) is 0 Å². The number of nitrogens with two attached hydrogens (primary N) is 1. The van der Waals surface area contributed by atoms with Crippen molar-refractivity contribution >= 4 is 20.6 Å². The van der Waals surface area contributed by atoms with Gasteiger partial charge in [0.05, 0.1) is 0 Å². The van der Waals surface area contributed by atoms with Crippen molar-refractivity contribution in [2.45, 2.75) is 6.92 Å². The summed E-state index contributed by atoms with van der Waals surface area (Å²) in [5, 5.41) is 3.32. The Balaban J connectivity index is 3.82. The Hall–Kier alpha value is -0.310. The summed E-state index contributed by atoms with van der Waals surface area (Å²) in [5.74, 6) is 4.85. The molecule has 2 N–H and O–H groups in total. The second-order valence-electron chi connectivity index (χ2n) is 1.20. The quantitative estimate of drug-likeness (QED) is 0.352. The first kappa shape index (κ1) is 6.69. The van der Waals surface area contributed by atoms with Crippen LogP contribution in [0.3, 0.4) is 0 Å². The van der Waals surface area contributed by atoms with Gasteiger partial charge in [0.2, 0.25) is 0 Å². The van der Waals surface area contributed by atoms with E-state index in [1.54, 1.807) is 0 Å². The lowest BCUT2D eigenvalue weighted by Crippen LogP contribution is -1.91. The molecule has 0 amide bonds. The zero-order valence-corrected chi connectivity index (χ0v) is 5.70. The van der Waals surface area contributed by atoms with Crippen LogP contribution in [-0.2, 0) is 0 Å². The maximum atomic E-state index is 4.85. The van der Waals surface area contributed by atoms with E-state index in [-0.39, 0.29) is 0 Å². The van der Waals surface area contributed by atoms with Crippen molar-refractivity contribution in [3.8, 4) is 0 Å². The molecule has 0 aliphatic heterocycles. The van der Waals surface area contributed by atoms with Gasteiger partial charge in [-0.05, 0) is 28.4 Å². The number of allylic oxidation sites excluding steroid dienone is 1. The molecule has 0 spiro atoms. The van der Waals surface area contributed by atoms with Gasteiger partial charge in [0, 0.05) is 0 Å². The number of hydrogen-bond donors (Lipinski definition) is 1. The van der Waals surface area contributed by atoms with Crippen LogP contribution >= 0.6 is 15.9 Å². The van der Waals surface area contributed by atoms with Crippen molar-refractivity contribution in [2.24, 2.45) is 10.9 Å². The molecule has 0 atom stereocenters. The summed E-state index contributed by atoms with van der Waals surface area (Å²) in [6.45, 7) is 5.39. The van der Waals surface area contributed by atoms with Crippen LogP contribution in [0.4, 0.5) is 0 Å². The van der Waals surface area contributed by atoms with Crippen molar-refractivity contribution in [1.82, 2.24) is 0 Å². The summed E-state index contributed by atoms with van der Waals surface area (Å²) < 4.78 is 0.618. The van der Waals surface area contributed by atoms with Gasteiger partial charge in [-0.1, -0.05) is 6.58 Å². The van der Waals surface area contributed by atoms with Crippen molar-refractivity contribution in [1.29, 1.82) is 0 Å². The third-order valence-electron chi connectivity index (χ3n) is 0.466. The second-order valence-corrected chi connectivity index (χ2v) is 1.95. The fourth-order valence-corrected chi connectivity index (χ4v) is 0.110. The van der Waals surface area contributed by atoms with Gasteiger partial charge in [-0.2, -0.15) is 5.10 Å². The minimum Gasteiger partial charge on any atom is -0.322 e. The molecule has 0 aromatic rings. The minimum absolute atomic E-state index is 0.618. The van der Waals surface area contributed by atoms with Crippen LogP contribution in [0, 0.1) is 0 Å². The number of hydrazone groups is 1. The molecule has 0 unspecified atom stereocenters. The smallest absolute Gasteiger partial charge is 0.128 e. The first-order valence-electron chi connectivity index (χ1n) is 1.77. The van der Waals surface area contributed by atoms with Crippen LogP contribution in [0.15, 0.2) is 17.3 Å². The Labute approximate surface area is 51.2 Å². The summed E-state index contributed by atoms with van der Waals surface area (Å²) in [4.78, 5) is 0. The highest BCUT2D eigenvalue weighted by atomic mass is 79.9. The molecule has 40 valence electrons. The van der Waals surface area contributed by atoms with E-state index in [1.807, 2.05) is 6.92 Å². The van der Waals surface area contributed by atoms with Crippen molar-refractivity contribution in [2.75, 3.05) is 0 Å². The largest absolute Gasteiger partial charge is 0.322 e. The molecular weight excluding hydrogens is 156 g/mol. The maximum Gasteiger partial charge on any atom is 0.128 e. The number of hydrogen-bond acceptors (Lipinski definition) is 2. The van der Waals surface area contributed by atoms with Crippen LogP contribution < -0.4 is 5.84 Å². The lowest BCUT2D eigenvalue weighted by atomic mass is 10.4. The van der Waals surface area contributed by atoms with Gasteiger partial charge in [0.25, 0.3) is 0 Å². The van der Waals surface area contributed by atoms with Crippen molar-refractivity contribution < 1.29 is 0 Å². The van der Waals surface area contributed by atoms with Gasteiger partial charge in [-0.3, -0.25) is 0 Å². The molecule has 0 bridgehead atoms. The Kier molecular flexibility index (Phi) is 2.67. The maximum absolute atomic E-state index is 4.85. The van der Waals surface area contributed by atoms with E-state index < -0.39 is 0 Å². The Morgan fingerprint density at radius 3 is 2.29 bits per heavy atom. The SMILES string of the molecule is C=C(C)/C(Br)=N\N. The van der Waals surface area contributed by atoms with E-state index in [1.165, 1.54) is 0 Å². The van der Waals surface area contributed by atoms with Crippen LogP contribution in [0.1, 0.15) is 6.92 Å². The van der Waals surface area contributed by atoms with Gasteiger partial charge in [-0.15, -0.1) is 0 Å². The molecule has 0 aromatic heterocycles. The summed E-state index contributed by atoms with van der Waals surface area (Å²) in [7, 11) is 0. The number of rotatable bonds is 1. The van der Waals surface area contributed by atoms with E-state index in [4.69, 9.17) is 5.84 Å². The minimum atomic E-state index is 0.618. The zero-order valence-electron chi connectivity index (χ0n) is 4.11. The Morgan fingerprint density at radius 1 is 1.86 bits per heavy atom. The summed E-state index contributed by atoms with van der Waals surface area (Å²) >= 11 is 3.07. The molecule has 0 heterocycles. The Bertz CT molecular complexity index is 106. The standard InChI is InChI=1S/C4H7BrN2/c1-3(2)4(5)7-6/h1,6H2,2H3/b7-4+. The van der Waals surface area contributed by atoms with E-state index in [9.17, 15) is 0 Å². The molecule has 0 fully saturated rings. The van der Waals surface area contributed by atoms with Crippen LogP contribution in [0.5, 0.6) is 0 Å². The first-order chi connectivity index (χ1) is 3.18. The monoisotopic (exact) mass is 162 g/mol. The van der Waals surface area contributed by atoms with E-state index >= 15 is 0 Å². The van der Waals surface area contributed by atoms with E-state index in [0.29, 0.717) is 4.62 Å². The lowest BCUT2D eigenvalue weighted by molar-refractivity contribution is 1.26. The molecule has 0 saturated carbocycles. The lowest BCUT2D eigenvalue weighted by Gasteiger charge is -1.87. The van der Waals surface area contributed by atoms with Gasteiger partial charge < -0.3 is 5.84 Å². The predicted molar refractivity (Wildman–Crippen MR) is 35.4 cm³/mol. The highest BCUT2D eigenvalue weighted by Crippen LogP contribution is 1.97. The highest BCUT2D eigenvalue weighted by molar-refractivity contribution is 9.18. The number of nitrogens with zero attached hydrogens (tertiary/aromatic N) is 1. The Morgan fingerprint density at radius 2 is 2.29 bits per heavy atom. The predicted octanol–water partition coefficient (Wildman–Crippen LogP) is 1.23. The fourth-order valence-electron chi connectivity index (χ4n) is 0.110. The third kappa shape index (κ3) is 2.39. The molecule has 0 aliphatic rings. The average molecular weight is 163 g/mol. The molecule has 0 aliphatic carbocycles. The van der Waals surface area contributed by atoms with Crippen molar-refractivity contribution in [3.05, 3.63) is 12.2 Å². The summed E-state index contributed by atoms with van der Waals surface area (Å²) in [6.07, 6.45) is 0. The topological polar surface area (TPSA) is 38.4 Å². The van der Waals surface area contributed by atoms with Crippen LogP contribution in [0.25, 0.3) is 0 Å². The fraction of sp³-hybridized carbons (Fsp3) is 0.250. The normalized spacial score (nSPS) is 11.4. The average Bonchev–Trinajstić information content (AvgIpc) is 1.65. The van der Waals surface area contributed by atoms with Crippen LogP contribution in [-0.4, -0.2) is 4.62 Å². The summed E-state index contributed by atoms with van der Waals surface area (Å²) in [5.41, 5.74) is 0.836.